The van der Waals surface area contributed by atoms with Crippen LogP contribution in [0.4, 0.5) is 4.79 Å². The van der Waals surface area contributed by atoms with Crippen molar-refractivity contribution < 1.29 is 9.53 Å². The van der Waals surface area contributed by atoms with Gasteiger partial charge in [0.15, 0.2) is 0 Å². The van der Waals surface area contributed by atoms with Crippen LogP contribution in [-0.4, -0.2) is 21.6 Å². The van der Waals surface area contributed by atoms with E-state index >= 15 is 0 Å². The molecule has 0 bridgehead atoms. The van der Waals surface area contributed by atoms with Crippen molar-refractivity contribution in [1.82, 2.24) is 9.88 Å². The molecule has 0 aliphatic carbocycles. The van der Waals surface area contributed by atoms with Gasteiger partial charge in [-0.3, -0.25) is 4.90 Å². The van der Waals surface area contributed by atoms with Gasteiger partial charge in [0.1, 0.15) is 5.60 Å². The summed E-state index contributed by atoms with van der Waals surface area (Å²) in [6, 6.07) is 16.1. The molecule has 0 fully saturated rings. The number of nitrogens with zero attached hydrogens (tertiary/aromatic N) is 1. The Kier molecular flexibility index (Phi) is 3.83. The van der Waals surface area contributed by atoms with Gasteiger partial charge in [0.05, 0.1) is 6.04 Å². The summed E-state index contributed by atoms with van der Waals surface area (Å²) in [5.41, 5.74) is 3.77. The highest BCUT2D eigenvalue weighted by atomic mass is 16.6. The van der Waals surface area contributed by atoms with Crippen molar-refractivity contribution in [2.75, 3.05) is 0 Å². The third kappa shape index (κ3) is 2.88. The first-order chi connectivity index (χ1) is 12.4. The highest BCUT2D eigenvalue weighted by molar-refractivity contribution is 5.86. The van der Waals surface area contributed by atoms with Gasteiger partial charge in [0.25, 0.3) is 0 Å². The molecule has 1 aliphatic rings. The lowest BCUT2D eigenvalue weighted by Crippen LogP contribution is -2.37. The van der Waals surface area contributed by atoms with Crippen LogP contribution in [0.25, 0.3) is 17.0 Å². The minimum atomic E-state index is -0.549. The Bertz CT molecular complexity index is 995. The van der Waals surface area contributed by atoms with Crippen LogP contribution >= 0.6 is 0 Å². The van der Waals surface area contributed by atoms with Crippen molar-refractivity contribution in [3.63, 3.8) is 0 Å². The summed E-state index contributed by atoms with van der Waals surface area (Å²) in [5, 5.41) is 1.11. The average molecular weight is 346 g/mol. The fourth-order valence-electron chi connectivity index (χ4n) is 3.43. The van der Waals surface area contributed by atoms with Gasteiger partial charge in [-0.1, -0.05) is 42.5 Å². The highest BCUT2D eigenvalue weighted by Crippen LogP contribution is 2.39. The summed E-state index contributed by atoms with van der Waals surface area (Å²) in [6.45, 7) is 5.65. The maximum Gasteiger partial charge on any atom is 0.415 e. The number of H-pyrrole nitrogens is 1. The standard InChI is InChI=1S/C22H22N2O2/c1-22(2,3)26-21(25)24-13-12-15-8-4-5-9-16(15)20(24)18-14-23-19-11-7-6-10-17(18)19/h4-14,20,23H,1-3H3. The largest absolute Gasteiger partial charge is 0.443 e. The van der Waals surface area contributed by atoms with Crippen molar-refractivity contribution >= 4 is 23.1 Å². The summed E-state index contributed by atoms with van der Waals surface area (Å²) in [6.07, 6.45) is 5.43. The van der Waals surface area contributed by atoms with Gasteiger partial charge in [-0.05, 0) is 44.0 Å². The predicted octanol–water partition coefficient (Wildman–Crippen LogP) is 5.48. The lowest BCUT2D eigenvalue weighted by molar-refractivity contribution is 0.0291. The van der Waals surface area contributed by atoms with Crippen LogP contribution in [0.15, 0.2) is 60.9 Å². The molecule has 1 N–H and O–H groups in total. The molecule has 1 aromatic heterocycles. The molecule has 26 heavy (non-hydrogen) atoms. The molecule has 2 aromatic carbocycles. The number of benzene rings is 2. The maximum absolute atomic E-state index is 12.9. The molecule has 1 amide bonds. The summed E-state index contributed by atoms with van der Waals surface area (Å²) < 4.78 is 5.66. The zero-order chi connectivity index (χ0) is 18.3. The molecule has 2 heterocycles. The number of hydrogen-bond acceptors (Lipinski definition) is 2. The van der Waals surface area contributed by atoms with Gasteiger partial charge in [-0.2, -0.15) is 0 Å². The lowest BCUT2D eigenvalue weighted by atomic mass is 9.91. The first-order valence-corrected chi connectivity index (χ1v) is 8.78. The number of rotatable bonds is 1. The van der Waals surface area contributed by atoms with Crippen LogP contribution in [0.3, 0.4) is 0 Å². The Morgan fingerprint density at radius 2 is 1.77 bits per heavy atom. The minimum Gasteiger partial charge on any atom is -0.443 e. The number of para-hydroxylation sites is 1. The highest BCUT2D eigenvalue weighted by Gasteiger charge is 2.33. The predicted molar refractivity (Wildman–Crippen MR) is 104 cm³/mol. The van der Waals surface area contributed by atoms with Crippen LogP contribution < -0.4 is 0 Å². The quantitative estimate of drug-likeness (QED) is 0.634. The normalized spacial score (nSPS) is 16.6. The van der Waals surface area contributed by atoms with Gasteiger partial charge in [-0.15, -0.1) is 0 Å². The number of amides is 1. The molecule has 4 rings (SSSR count). The summed E-state index contributed by atoms with van der Waals surface area (Å²) >= 11 is 0. The number of carbonyl (C=O) groups is 1. The third-order valence-corrected chi connectivity index (χ3v) is 4.50. The van der Waals surface area contributed by atoms with Gasteiger partial charge in [0, 0.05) is 28.9 Å². The van der Waals surface area contributed by atoms with Gasteiger partial charge in [0.2, 0.25) is 0 Å². The number of aromatic nitrogens is 1. The second-order valence-electron chi connectivity index (χ2n) is 7.52. The summed E-state index contributed by atoms with van der Waals surface area (Å²) in [4.78, 5) is 17.9. The molecule has 1 atom stereocenters. The molecule has 3 aromatic rings. The average Bonchev–Trinajstić information content (AvgIpc) is 3.03. The molecule has 4 nitrogen and oxygen atoms in total. The van der Waals surface area contributed by atoms with Crippen molar-refractivity contribution in [3.05, 3.63) is 77.6 Å². The van der Waals surface area contributed by atoms with E-state index < -0.39 is 5.60 Å². The van der Waals surface area contributed by atoms with E-state index in [2.05, 4.69) is 23.2 Å². The summed E-state index contributed by atoms with van der Waals surface area (Å²) in [5.74, 6) is 0. The van der Waals surface area contributed by atoms with Gasteiger partial charge < -0.3 is 9.72 Å². The molecule has 1 aliphatic heterocycles. The van der Waals surface area contributed by atoms with Gasteiger partial charge >= 0.3 is 6.09 Å². The SMILES string of the molecule is CC(C)(C)OC(=O)N1C=Cc2ccccc2C1c1c[nH]c2ccccc12. The smallest absolute Gasteiger partial charge is 0.415 e. The van der Waals surface area contributed by atoms with Crippen molar-refractivity contribution in [2.45, 2.75) is 32.4 Å². The van der Waals surface area contributed by atoms with Crippen molar-refractivity contribution in [1.29, 1.82) is 0 Å². The monoisotopic (exact) mass is 346 g/mol. The second kappa shape index (κ2) is 6.06. The lowest BCUT2D eigenvalue weighted by Gasteiger charge is -2.34. The zero-order valence-corrected chi connectivity index (χ0v) is 15.2. The van der Waals surface area contributed by atoms with Crippen LogP contribution in [-0.2, 0) is 4.74 Å². The third-order valence-electron chi connectivity index (χ3n) is 4.50. The first kappa shape index (κ1) is 16.5. The Morgan fingerprint density at radius 3 is 2.58 bits per heavy atom. The Morgan fingerprint density at radius 1 is 1.04 bits per heavy atom. The Balaban J connectivity index is 1.85. The van der Waals surface area contributed by atoms with Gasteiger partial charge in [-0.25, -0.2) is 4.79 Å². The number of fused-ring (bicyclic) bond motifs is 2. The number of aromatic amines is 1. The van der Waals surface area contributed by atoms with E-state index in [0.717, 1.165) is 27.6 Å². The zero-order valence-electron chi connectivity index (χ0n) is 15.2. The molecule has 0 radical (unpaired) electrons. The van der Waals surface area contributed by atoms with Crippen LogP contribution in [0.1, 0.15) is 43.5 Å². The number of hydrogen-bond donors (Lipinski definition) is 1. The van der Waals surface area contributed by atoms with Crippen LogP contribution in [0, 0.1) is 0 Å². The number of carbonyl (C=O) groups excluding carboxylic acids is 1. The van der Waals surface area contributed by atoms with Crippen molar-refractivity contribution in [3.8, 4) is 0 Å². The van der Waals surface area contributed by atoms with Crippen molar-refractivity contribution in [2.24, 2.45) is 0 Å². The fourth-order valence-corrected chi connectivity index (χ4v) is 3.43. The number of ether oxygens (including phenoxy) is 1. The Hall–Kier alpha value is -3.01. The minimum absolute atomic E-state index is 0.234. The van der Waals surface area contributed by atoms with E-state index in [0.29, 0.717) is 0 Å². The molecular weight excluding hydrogens is 324 g/mol. The number of nitrogens with one attached hydrogen (secondary N) is 1. The second-order valence-corrected chi connectivity index (χ2v) is 7.52. The van der Waals surface area contributed by atoms with E-state index in [1.165, 1.54) is 0 Å². The topological polar surface area (TPSA) is 45.3 Å². The van der Waals surface area contributed by atoms with E-state index in [4.69, 9.17) is 4.74 Å². The molecule has 0 saturated carbocycles. The molecular formula is C22H22N2O2. The molecule has 0 saturated heterocycles. The van der Waals surface area contributed by atoms with Crippen LogP contribution in [0.2, 0.25) is 0 Å². The van der Waals surface area contributed by atoms with Crippen LogP contribution in [0.5, 0.6) is 0 Å². The van der Waals surface area contributed by atoms with E-state index in [9.17, 15) is 4.79 Å². The molecule has 0 spiro atoms. The van der Waals surface area contributed by atoms with E-state index in [-0.39, 0.29) is 12.1 Å². The summed E-state index contributed by atoms with van der Waals surface area (Å²) in [7, 11) is 0. The molecule has 132 valence electrons. The maximum atomic E-state index is 12.9. The first-order valence-electron chi connectivity index (χ1n) is 8.78. The van der Waals surface area contributed by atoms with E-state index in [1.54, 1.807) is 4.90 Å². The fraction of sp³-hybridized carbons (Fsp3) is 0.227. The molecule has 4 heteroatoms. The Labute approximate surface area is 153 Å². The van der Waals surface area contributed by atoms with E-state index in [1.807, 2.05) is 69.6 Å². The molecule has 1 unspecified atom stereocenters.